The van der Waals surface area contributed by atoms with Crippen molar-refractivity contribution in [3.8, 4) is 0 Å². The Balaban J connectivity index is 1.80. The normalized spacial score (nSPS) is 47.0. The van der Waals surface area contributed by atoms with Crippen molar-refractivity contribution in [2.45, 2.75) is 57.9 Å². The first-order valence-electron chi connectivity index (χ1n) is 6.97. The van der Waals surface area contributed by atoms with Crippen LogP contribution in [0.25, 0.3) is 0 Å². The molecule has 2 N–H and O–H groups in total. The number of hydrogen-bond donors (Lipinski definition) is 1. The maximum Gasteiger partial charge on any atom is 0.0133 e. The van der Waals surface area contributed by atoms with E-state index in [0.717, 1.165) is 24.2 Å². The summed E-state index contributed by atoms with van der Waals surface area (Å²) in [6.45, 7) is 6.17. The smallest absolute Gasteiger partial charge is 0.0133 e. The lowest BCUT2D eigenvalue weighted by atomic mass is 9.47. The van der Waals surface area contributed by atoms with Crippen LogP contribution in [-0.4, -0.2) is 6.04 Å². The van der Waals surface area contributed by atoms with Crippen LogP contribution < -0.4 is 5.73 Å². The van der Waals surface area contributed by atoms with Gasteiger partial charge in [-0.3, -0.25) is 0 Å². The first kappa shape index (κ1) is 10.8. The average Bonchev–Trinajstić information content (AvgIpc) is 2.13. The third-order valence-corrected chi connectivity index (χ3v) is 5.44. The van der Waals surface area contributed by atoms with Gasteiger partial charge in [-0.05, 0) is 75.0 Å². The molecule has 0 aromatic heterocycles. The van der Waals surface area contributed by atoms with Crippen LogP contribution in [-0.2, 0) is 0 Å². The van der Waals surface area contributed by atoms with Crippen molar-refractivity contribution >= 4 is 0 Å². The molecule has 1 heteroatoms. The molecule has 4 aliphatic carbocycles. The van der Waals surface area contributed by atoms with Crippen molar-refractivity contribution in [1.29, 1.82) is 0 Å². The highest BCUT2D eigenvalue weighted by Gasteiger charge is 2.53. The molecule has 0 amide bonds. The van der Waals surface area contributed by atoms with E-state index in [0.29, 0.717) is 11.5 Å². The van der Waals surface area contributed by atoms with E-state index >= 15 is 0 Å². The zero-order valence-corrected chi connectivity index (χ0v) is 10.5. The summed E-state index contributed by atoms with van der Waals surface area (Å²) in [6.07, 6.45) is 9.86. The van der Waals surface area contributed by atoms with Crippen LogP contribution in [0.4, 0.5) is 0 Å². The molecule has 0 aromatic rings. The van der Waals surface area contributed by atoms with Gasteiger partial charge in [0.2, 0.25) is 0 Å². The van der Waals surface area contributed by atoms with E-state index in [1.807, 2.05) is 0 Å². The first-order valence-corrected chi connectivity index (χ1v) is 6.97. The van der Waals surface area contributed by atoms with Gasteiger partial charge in [0.1, 0.15) is 0 Å². The standard InChI is InChI=1S/C15H25N/c1-10(2)3-14(16)15-7-11-4-12(8-15)6-13(5-11)9-15/h11-14H,1,3-9,16H2,2H3. The van der Waals surface area contributed by atoms with Gasteiger partial charge in [-0.15, -0.1) is 6.58 Å². The first-order chi connectivity index (χ1) is 7.57. The van der Waals surface area contributed by atoms with Crippen LogP contribution in [0.3, 0.4) is 0 Å². The minimum Gasteiger partial charge on any atom is -0.327 e. The molecule has 0 heterocycles. The van der Waals surface area contributed by atoms with Gasteiger partial charge in [-0.25, -0.2) is 0 Å². The molecule has 90 valence electrons. The molecule has 4 aliphatic rings. The Bertz CT molecular complexity index is 269. The Morgan fingerprint density at radius 1 is 1.19 bits per heavy atom. The van der Waals surface area contributed by atoms with Crippen LogP contribution in [0, 0.1) is 23.2 Å². The van der Waals surface area contributed by atoms with Crippen molar-refractivity contribution in [2.24, 2.45) is 28.9 Å². The Morgan fingerprint density at radius 2 is 1.62 bits per heavy atom. The molecule has 1 unspecified atom stereocenters. The molecule has 0 saturated heterocycles. The summed E-state index contributed by atoms with van der Waals surface area (Å²) in [7, 11) is 0. The predicted octanol–water partition coefficient (Wildman–Crippen LogP) is 3.50. The lowest BCUT2D eigenvalue weighted by Gasteiger charge is -2.59. The van der Waals surface area contributed by atoms with E-state index in [9.17, 15) is 0 Å². The second-order valence-corrected chi connectivity index (χ2v) is 7.05. The topological polar surface area (TPSA) is 26.0 Å². The molecule has 0 spiro atoms. The summed E-state index contributed by atoms with van der Waals surface area (Å²) in [4.78, 5) is 0. The lowest BCUT2D eigenvalue weighted by Crippen LogP contribution is -2.54. The maximum atomic E-state index is 6.51. The minimum absolute atomic E-state index is 0.387. The zero-order valence-electron chi connectivity index (χ0n) is 10.5. The third-order valence-electron chi connectivity index (χ3n) is 5.44. The van der Waals surface area contributed by atoms with E-state index in [2.05, 4.69) is 13.5 Å². The molecule has 4 bridgehead atoms. The van der Waals surface area contributed by atoms with Crippen LogP contribution in [0.2, 0.25) is 0 Å². The third kappa shape index (κ3) is 1.64. The Morgan fingerprint density at radius 3 is 2.00 bits per heavy atom. The molecule has 0 aromatic carbocycles. The lowest BCUT2D eigenvalue weighted by molar-refractivity contribution is -0.0667. The van der Waals surface area contributed by atoms with Gasteiger partial charge in [-0.2, -0.15) is 0 Å². The number of nitrogens with two attached hydrogens (primary N) is 1. The minimum atomic E-state index is 0.387. The molecule has 4 rings (SSSR count). The molecular formula is C15H25N. The average molecular weight is 219 g/mol. The van der Waals surface area contributed by atoms with E-state index in [-0.39, 0.29) is 0 Å². The fourth-order valence-corrected chi connectivity index (χ4v) is 5.22. The zero-order chi connectivity index (χ0) is 11.3. The molecular weight excluding hydrogens is 194 g/mol. The van der Waals surface area contributed by atoms with Gasteiger partial charge in [0.25, 0.3) is 0 Å². The summed E-state index contributed by atoms with van der Waals surface area (Å²) in [5.74, 6) is 3.05. The molecule has 4 saturated carbocycles. The summed E-state index contributed by atoms with van der Waals surface area (Å²) in [5, 5.41) is 0. The van der Waals surface area contributed by atoms with E-state index in [1.54, 1.807) is 0 Å². The maximum absolute atomic E-state index is 6.51. The Kier molecular flexibility index (Phi) is 2.43. The Labute approximate surface area is 99.5 Å². The molecule has 16 heavy (non-hydrogen) atoms. The quantitative estimate of drug-likeness (QED) is 0.722. The van der Waals surface area contributed by atoms with Crippen molar-refractivity contribution < 1.29 is 0 Å². The van der Waals surface area contributed by atoms with Crippen LogP contribution >= 0.6 is 0 Å². The monoisotopic (exact) mass is 219 g/mol. The summed E-state index contributed by atoms with van der Waals surface area (Å²) < 4.78 is 0. The predicted molar refractivity (Wildman–Crippen MR) is 68.0 cm³/mol. The summed E-state index contributed by atoms with van der Waals surface area (Å²) in [5.41, 5.74) is 8.29. The SMILES string of the molecule is C=C(C)CC(N)C12CC3CC(CC(C3)C1)C2. The van der Waals surface area contributed by atoms with Gasteiger partial charge >= 0.3 is 0 Å². The Hall–Kier alpha value is -0.300. The summed E-state index contributed by atoms with van der Waals surface area (Å²) >= 11 is 0. The second kappa shape index (κ2) is 3.60. The molecule has 0 aliphatic heterocycles. The summed E-state index contributed by atoms with van der Waals surface area (Å²) in [6, 6.07) is 0.387. The molecule has 1 nitrogen and oxygen atoms in total. The van der Waals surface area contributed by atoms with E-state index < -0.39 is 0 Å². The van der Waals surface area contributed by atoms with Crippen LogP contribution in [0.15, 0.2) is 12.2 Å². The van der Waals surface area contributed by atoms with Crippen molar-refractivity contribution in [2.75, 3.05) is 0 Å². The van der Waals surface area contributed by atoms with Gasteiger partial charge in [-0.1, -0.05) is 5.57 Å². The fourth-order valence-electron chi connectivity index (χ4n) is 5.22. The van der Waals surface area contributed by atoms with E-state index in [4.69, 9.17) is 5.73 Å². The number of rotatable bonds is 3. The highest BCUT2D eigenvalue weighted by molar-refractivity contribution is 5.08. The highest BCUT2D eigenvalue weighted by atomic mass is 14.7. The van der Waals surface area contributed by atoms with Crippen LogP contribution in [0.5, 0.6) is 0 Å². The van der Waals surface area contributed by atoms with Gasteiger partial charge < -0.3 is 5.73 Å². The molecule has 0 radical (unpaired) electrons. The highest BCUT2D eigenvalue weighted by Crippen LogP contribution is 2.61. The van der Waals surface area contributed by atoms with Crippen molar-refractivity contribution in [3.63, 3.8) is 0 Å². The van der Waals surface area contributed by atoms with Crippen molar-refractivity contribution in [3.05, 3.63) is 12.2 Å². The molecule has 1 atom stereocenters. The molecule has 4 fully saturated rings. The van der Waals surface area contributed by atoms with Crippen LogP contribution in [0.1, 0.15) is 51.9 Å². The largest absolute Gasteiger partial charge is 0.327 e. The van der Waals surface area contributed by atoms with Gasteiger partial charge in [0.05, 0.1) is 0 Å². The van der Waals surface area contributed by atoms with Gasteiger partial charge in [0.15, 0.2) is 0 Å². The fraction of sp³-hybridized carbons (Fsp3) is 0.867. The van der Waals surface area contributed by atoms with Crippen molar-refractivity contribution in [1.82, 2.24) is 0 Å². The second-order valence-electron chi connectivity index (χ2n) is 7.05. The van der Waals surface area contributed by atoms with E-state index in [1.165, 1.54) is 44.1 Å². The van der Waals surface area contributed by atoms with Gasteiger partial charge in [0, 0.05) is 6.04 Å². The number of hydrogen-bond acceptors (Lipinski definition) is 1.